The Hall–Kier alpha value is -1.96. The predicted molar refractivity (Wildman–Crippen MR) is 115 cm³/mol. The highest BCUT2D eigenvalue weighted by molar-refractivity contribution is 9.10. The number of rotatable bonds is 8. The number of benzene rings is 2. The Balaban J connectivity index is 1.94. The summed E-state index contributed by atoms with van der Waals surface area (Å²) >= 11 is 3.46. The Bertz CT molecular complexity index is 1020. The van der Waals surface area contributed by atoms with Crippen molar-refractivity contribution in [3.63, 3.8) is 0 Å². The summed E-state index contributed by atoms with van der Waals surface area (Å²) in [6, 6.07) is 18.1. The fraction of sp³-hybridized carbons (Fsp3) is 0.286. The highest BCUT2D eigenvalue weighted by Crippen LogP contribution is 2.38. The predicted octanol–water partition coefficient (Wildman–Crippen LogP) is 4.87. The lowest BCUT2D eigenvalue weighted by Gasteiger charge is -2.18. The third-order valence-electron chi connectivity index (χ3n) is 4.60. The van der Waals surface area contributed by atoms with E-state index in [1.54, 1.807) is 0 Å². The molecule has 5 nitrogen and oxygen atoms in total. The largest absolute Gasteiger partial charge is 0.356 e. The molecule has 0 aliphatic heterocycles. The van der Waals surface area contributed by atoms with Gasteiger partial charge in [0.25, 0.3) is 0 Å². The maximum Gasteiger partial charge on any atom is 0.208 e. The van der Waals surface area contributed by atoms with Gasteiger partial charge in [-0.25, -0.2) is 13.1 Å². The quantitative estimate of drug-likeness (QED) is 0.484. The number of hydrogen-bond acceptors (Lipinski definition) is 4. The Morgan fingerprint density at radius 3 is 2.43 bits per heavy atom. The number of halogens is 1. The van der Waals surface area contributed by atoms with E-state index in [1.807, 2.05) is 49.4 Å². The van der Waals surface area contributed by atoms with Crippen LogP contribution in [0.3, 0.4) is 0 Å². The highest BCUT2D eigenvalue weighted by Gasteiger charge is 2.25. The maximum absolute atomic E-state index is 11.4. The van der Waals surface area contributed by atoms with E-state index in [2.05, 4.69) is 37.9 Å². The van der Waals surface area contributed by atoms with Crippen molar-refractivity contribution in [2.24, 2.45) is 0 Å². The first-order chi connectivity index (χ1) is 13.3. The van der Waals surface area contributed by atoms with Gasteiger partial charge in [0.05, 0.1) is 11.9 Å². The normalized spacial score (nSPS) is 12.8. The Kier molecular flexibility index (Phi) is 6.69. The molecule has 148 valence electrons. The van der Waals surface area contributed by atoms with Crippen molar-refractivity contribution in [3.05, 3.63) is 75.9 Å². The molecule has 0 aliphatic rings. The average Bonchev–Trinajstić information content (AvgIpc) is 3.04. The first kappa shape index (κ1) is 20.8. The summed E-state index contributed by atoms with van der Waals surface area (Å²) in [5.74, 6) is 0.822. The van der Waals surface area contributed by atoms with Crippen molar-refractivity contribution < 1.29 is 12.9 Å². The van der Waals surface area contributed by atoms with Crippen LogP contribution < -0.4 is 4.72 Å². The number of sulfonamides is 1. The SMILES string of the molecule is Cc1noc(-c2ccc(Br)cc2)c1C(CCCNS(C)(=O)=O)c1ccccc1. The van der Waals surface area contributed by atoms with Crippen molar-refractivity contribution in [1.29, 1.82) is 0 Å². The molecular formula is C21H23BrN2O3S. The standard InChI is InChI=1S/C21H23BrN2O3S/c1-15-20(21(27-24-15)17-10-12-18(22)13-11-17)19(16-7-4-3-5-8-16)9-6-14-23-28(2,25)26/h3-5,7-8,10-13,19,23H,6,9,14H2,1-2H3. The van der Waals surface area contributed by atoms with Gasteiger partial charge in [-0.15, -0.1) is 0 Å². The molecule has 3 aromatic rings. The highest BCUT2D eigenvalue weighted by atomic mass is 79.9. The van der Waals surface area contributed by atoms with Crippen LogP contribution in [0.2, 0.25) is 0 Å². The van der Waals surface area contributed by atoms with Crippen LogP contribution in [0.5, 0.6) is 0 Å². The van der Waals surface area contributed by atoms with Crippen LogP contribution in [0.25, 0.3) is 11.3 Å². The topological polar surface area (TPSA) is 72.2 Å². The van der Waals surface area contributed by atoms with Crippen LogP contribution in [0.15, 0.2) is 63.6 Å². The molecule has 1 aromatic heterocycles. The molecule has 0 fully saturated rings. The second-order valence-corrected chi connectivity index (χ2v) is 9.54. The van der Waals surface area contributed by atoms with Gasteiger partial charge in [-0.2, -0.15) is 0 Å². The molecule has 3 rings (SSSR count). The van der Waals surface area contributed by atoms with Crippen molar-refractivity contribution in [2.75, 3.05) is 12.8 Å². The van der Waals surface area contributed by atoms with Gasteiger partial charge in [0.15, 0.2) is 5.76 Å². The van der Waals surface area contributed by atoms with Gasteiger partial charge >= 0.3 is 0 Å². The summed E-state index contributed by atoms with van der Waals surface area (Å²) in [6.45, 7) is 2.35. The minimum atomic E-state index is -3.19. The van der Waals surface area contributed by atoms with E-state index in [4.69, 9.17) is 4.52 Å². The molecule has 1 N–H and O–H groups in total. The summed E-state index contributed by atoms with van der Waals surface area (Å²) in [6.07, 6.45) is 2.66. The molecule has 0 spiro atoms. The van der Waals surface area contributed by atoms with Gasteiger partial charge in [-0.3, -0.25) is 0 Å². The molecule has 2 aromatic carbocycles. The lowest BCUT2D eigenvalue weighted by atomic mass is 9.85. The second kappa shape index (κ2) is 9.03. The zero-order valence-corrected chi connectivity index (χ0v) is 18.3. The molecule has 1 atom stereocenters. The van der Waals surface area contributed by atoms with E-state index >= 15 is 0 Å². The van der Waals surface area contributed by atoms with E-state index in [9.17, 15) is 8.42 Å². The third-order valence-corrected chi connectivity index (χ3v) is 5.86. The first-order valence-corrected chi connectivity index (χ1v) is 11.8. The Morgan fingerprint density at radius 2 is 1.79 bits per heavy atom. The summed E-state index contributed by atoms with van der Waals surface area (Å²) < 4.78 is 32.0. The number of aromatic nitrogens is 1. The number of nitrogens with zero attached hydrogens (tertiary/aromatic N) is 1. The van der Waals surface area contributed by atoms with Crippen LogP contribution in [-0.2, 0) is 10.0 Å². The summed E-state index contributed by atoms with van der Waals surface area (Å²) in [4.78, 5) is 0. The molecule has 0 amide bonds. The van der Waals surface area contributed by atoms with Gasteiger partial charge in [-0.05, 0) is 37.5 Å². The van der Waals surface area contributed by atoms with Crippen LogP contribution in [0, 0.1) is 6.92 Å². The molecule has 0 bridgehead atoms. The zero-order chi connectivity index (χ0) is 20.1. The van der Waals surface area contributed by atoms with Gasteiger partial charge in [0.2, 0.25) is 10.0 Å². The summed E-state index contributed by atoms with van der Waals surface area (Å²) in [5.41, 5.74) is 4.02. The van der Waals surface area contributed by atoms with Crippen LogP contribution >= 0.6 is 15.9 Å². The zero-order valence-electron chi connectivity index (χ0n) is 15.9. The second-order valence-electron chi connectivity index (χ2n) is 6.79. The van der Waals surface area contributed by atoms with Gasteiger partial charge < -0.3 is 4.52 Å². The van der Waals surface area contributed by atoms with E-state index < -0.39 is 10.0 Å². The summed E-state index contributed by atoms with van der Waals surface area (Å²) in [5, 5.41) is 4.23. The van der Waals surface area contributed by atoms with E-state index in [-0.39, 0.29) is 5.92 Å². The number of hydrogen-bond donors (Lipinski definition) is 1. The number of nitrogens with one attached hydrogen (secondary N) is 1. The lowest BCUT2D eigenvalue weighted by Crippen LogP contribution is -2.23. The maximum atomic E-state index is 11.4. The van der Waals surface area contributed by atoms with Gasteiger partial charge in [0, 0.05) is 28.1 Å². The third kappa shape index (κ3) is 5.31. The fourth-order valence-electron chi connectivity index (χ4n) is 3.32. The van der Waals surface area contributed by atoms with Crippen LogP contribution in [0.1, 0.15) is 35.6 Å². The monoisotopic (exact) mass is 462 g/mol. The van der Waals surface area contributed by atoms with Crippen LogP contribution in [-0.4, -0.2) is 26.4 Å². The molecule has 0 saturated heterocycles. The van der Waals surface area contributed by atoms with Gasteiger partial charge in [0.1, 0.15) is 0 Å². The van der Waals surface area contributed by atoms with Crippen molar-refractivity contribution >= 4 is 26.0 Å². The minimum absolute atomic E-state index is 0.0625. The minimum Gasteiger partial charge on any atom is -0.356 e. The molecule has 7 heteroatoms. The molecule has 1 heterocycles. The molecule has 28 heavy (non-hydrogen) atoms. The average molecular weight is 463 g/mol. The lowest BCUT2D eigenvalue weighted by molar-refractivity contribution is 0.426. The van der Waals surface area contributed by atoms with Crippen molar-refractivity contribution in [1.82, 2.24) is 9.88 Å². The van der Waals surface area contributed by atoms with Gasteiger partial charge in [-0.1, -0.05) is 63.6 Å². The fourth-order valence-corrected chi connectivity index (χ4v) is 4.10. The molecular weight excluding hydrogens is 440 g/mol. The molecule has 0 aliphatic carbocycles. The molecule has 0 saturated carbocycles. The molecule has 0 radical (unpaired) electrons. The van der Waals surface area contributed by atoms with Crippen LogP contribution in [0.4, 0.5) is 0 Å². The Morgan fingerprint density at radius 1 is 1.11 bits per heavy atom. The number of aryl methyl sites for hydroxylation is 1. The Labute approximate surface area is 174 Å². The smallest absolute Gasteiger partial charge is 0.208 e. The molecule has 1 unspecified atom stereocenters. The van der Waals surface area contributed by atoms with E-state index in [0.717, 1.165) is 39.0 Å². The first-order valence-electron chi connectivity index (χ1n) is 9.07. The van der Waals surface area contributed by atoms with E-state index in [0.29, 0.717) is 13.0 Å². The van der Waals surface area contributed by atoms with Crippen molar-refractivity contribution in [2.45, 2.75) is 25.7 Å². The van der Waals surface area contributed by atoms with E-state index in [1.165, 1.54) is 6.26 Å². The van der Waals surface area contributed by atoms with Crippen molar-refractivity contribution in [3.8, 4) is 11.3 Å². The summed E-state index contributed by atoms with van der Waals surface area (Å²) in [7, 11) is -3.19.